The van der Waals surface area contributed by atoms with E-state index in [2.05, 4.69) is 10.6 Å². The summed E-state index contributed by atoms with van der Waals surface area (Å²) in [4.78, 5) is 24.5. The Labute approximate surface area is 162 Å². The molecule has 1 heterocycles. The maximum atomic E-state index is 12.3. The van der Waals surface area contributed by atoms with Gasteiger partial charge in [-0.05, 0) is 48.0 Å². The van der Waals surface area contributed by atoms with Gasteiger partial charge in [0.2, 0.25) is 5.91 Å². The van der Waals surface area contributed by atoms with Gasteiger partial charge in [0.25, 0.3) is 5.91 Å². The third kappa shape index (κ3) is 4.70. The van der Waals surface area contributed by atoms with Crippen LogP contribution in [0.1, 0.15) is 16.1 Å². The number of hydrogen-bond donors (Lipinski definition) is 2. The van der Waals surface area contributed by atoms with Crippen LogP contribution >= 0.6 is 0 Å². The highest BCUT2D eigenvalue weighted by molar-refractivity contribution is 6.03. The molecule has 7 nitrogen and oxygen atoms in total. The number of nitrogens with one attached hydrogen (secondary N) is 2. The van der Waals surface area contributed by atoms with E-state index in [1.54, 1.807) is 49.6 Å². The topological polar surface area (TPSA) is 89.8 Å². The molecule has 0 aliphatic carbocycles. The second-order valence-corrected chi connectivity index (χ2v) is 5.92. The molecule has 2 amide bonds. The summed E-state index contributed by atoms with van der Waals surface area (Å²) in [6.45, 7) is 0. The van der Waals surface area contributed by atoms with Crippen molar-refractivity contribution in [2.45, 2.75) is 6.42 Å². The zero-order valence-corrected chi connectivity index (χ0v) is 15.5. The Morgan fingerprint density at radius 1 is 0.964 bits per heavy atom. The number of carbonyl (C=O) groups is 2. The van der Waals surface area contributed by atoms with Crippen molar-refractivity contribution >= 4 is 23.2 Å². The van der Waals surface area contributed by atoms with E-state index in [0.29, 0.717) is 17.1 Å². The van der Waals surface area contributed by atoms with Crippen LogP contribution in [-0.2, 0) is 11.2 Å². The van der Waals surface area contributed by atoms with Gasteiger partial charge >= 0.3 is 0 Å². The fourth-order valence-electron chi connectivity index (χ4n) is 2.61. The Kier molecular flexibility index (Phi) is 5.96. The lowest BCUT2D eigenvalue weighted by atomic mass is 10.1. The summed E-state index contributed by atoms with van der Waals surface area (Å²) >= 11 is 0. The molecule has 3 rings (SSSR count). The van der Waals surface area contributed by atoms with E-state index in [1.807, 2.05) is 12.1 Å². The fraction of sp³-hybridized carbons (Fsp3) is 0.143. The monoisotopic (exact) mass is 380 g/mol. The third-order valence-electron chi connectivity index (χ3n) is 4.00. The molecule has 0 saturated carbocycles. The number of rotatable bonds is 7. The molecule has 0 saturated heterocycles. The number of carbonyl (C=O) groups excluding carboxylic acids is 2. The molecule has 0 fully saturated rings. The number of methoxy groups -OCH3 is 2. The second kappa shape index (κ2) is 8.77. The van der Waals surface area contributed by atoms with Crippen LogP contribution in [0.4, 0.5) is 11.4 Å². The molecule has 0 bridgehead atoms. The van der Waals surface area contributed by atoms with Gasteiger partial charge < -0.3 is 24.5 Å². The van der Waals surface area contributed by atoms with Crippen molar-refractivity contribution in [2.24, 2.45) is 0 Å². The van der Waals surface area contributed by atoms with Gasteiger partial charge in [0, 0.05) is 5.69 Å². The van der Waals surface area contributed by atoms with Crippen molar-refractivity contribution < 1.29 is 23.5 Å². The first kappa shape index (κ1) is 19.0. The van der Waals surface area contributed by atoms with E-state index in [0.717, 1.165) is 11.3 Å². The van der Waals surface area contributed by atoms with Gasteiger partial charge in [-0.3, -0.25) is 9.59 Å². The van der Waals surface area contributed by atoms with Crippen molar-refractivity contribution in [3.05, 3.63) is 72.2 Å². The molecule has 0 radical (unpaired) electrons. The predicted octanol–water partition coefficient (Wildman–Crippen LogP) is 3.73. The van der Waals surface area contributed by atoms with E-state index in [9.17, 15) is 9.59 Å². The Hall–Kier alpha value is -3.74. The molecule has 3 aromatic rings. The van der Waals surface area contributed by atoms with E-state index in [1.165, 1.54) is 13.4 Å². The van der Waals surface area contributed by atoms with Crippen LogP contribution in [-0.4, -0.2) is 26.0 Å². The summed E-state index contributed by atoms with van der Waals surface area (Å²) in [5.41, 5.74) is 1.82. The van der Waals surface area contributed by atoms with Gasteiger partial charge in [0.05, 0.1) is 32.6 Å². The standard InChI is InChI=1S/C21H20N2O5/c1-26-16-8-5-14(6-9-16)12-20(24)22-15-7-10-18(27-2)17(13-15)23-21(25)19-4-3-11-28-19/h3-11,13H,12H2,1-2H3,(H,22,24)(H,23,25). The second-order valence-electron chi connectivity index (χ2n) is 5.92. The van der Waals surface area contributed by atoms with Crippen molar-refractivity contribution in [3.8, 4) is 11.5 Å². The highest BCUT2D eigenvalue weighted by atomic mass is 16.5. The van der Waals surface area contributed by atoms with E-state index in [-0.39, 0.29) is 18.1 Å². The first-order valence-corrected chi connectivity index (χ1v) is 8.54. The highest BCUT2D eigenvalue weighted by Crippen LogP contribution is 2.28. The normalized spacial score (nSPS) is 10.2. The fourth-order valence-corrected chi connectivity index (χ4v) is 2.61. The van der Waals surface area contributed by atoms with Gasteiger partial charge in [-0.25, -0.2) is 0 Å². The minimum atomic E-state index is -0.412. The molecular weight excluding hydrogens is 360 g/mol. The summed E-state index contributed by atoms with van der Waals surface area (Å²) in [6.07, 6.45) is 1.63. The molecule has 2 aromatic carbocycles. The third-order valence-corrected chi connectivity index (χ3v) is 4.00. The molecule has 1 aromatic heterocycles. The maximum absolute atomic E-state index is 12.3. The molecular formula is C21H20N2O5. The summed E-state index contributed by atoms with van der Waals surface area (Å²) in [5, 5.41) is 5.54. The molecule has 0 spiro atoms. The van der Waals surface area contributed by atoms with E-state index in [4.69, 9.17) is 13.9 Å². The Morgan fingerprint density at radius 3 is 2.39 bits per heavy atom. The van der Waals surface area contributed by atoms with Crippen molar-refractivity contribution in [2.75, 3.05) is 24.9 Å². The number of furan rings is 1. The summed E-state index contributed by atoms with van der Waals surface area (Å²) in [5.74, 6) is 0.781. The van der Waals surface area contributed by atoms with Crippen LogP contribution in [0.3, 0.4) is 0 Å². The maximum Gasteiger partial charge on any atom is 0.291 e. The molecule has 2 N–H and O–H groups in total. The average molecular weight is 380 g/mol. The van der Waals surface area contributed by atoms with Crippen molar-refractivity contribution in [1.82, 2.24) is 0 Å². The van der Waals surface area contributed by atoms with Gasteiger partial charge in [0.1, 0.15) is 11.5 Å². The largest absolute Gasteiger partial charge is 0.497 e. The summed E-state index contributed by atoms with van der Waals surface area (Å²) < 4.78 is 15.5. The number of hydrogen-bond acceptors (Lipinski definition) is 5. The molecule has 0 aliphatic rings. The number of benzene rings is 2. The molecule has 0 unspecified atom stereocenters. The molecule has 7 heteroatoms. The van der Waals surface area contributed by atoms with Crippen LogP contribution in [0.2, 0.25) is 0 Å². The number of anilines is 2. The predicted molar refractivity (Wildman–Crippen MR) is 105 cm³/mol. The van der Waals surface area contributed by atoms with Gasteiger partial charge in [-0.15, -0.1) is 0 Å². The van der Waals surface area contributed by atoms with Crippen LogP contribution < -0.4 is 20.1 Å². The van der Waals surface area contributed by atoms with Gasteiger partial charge in [-0.2, -0.15) is 0 Å². The average Bonchev–Trinajstić information content (AvgIpc) is 3.24. The quantitative estimate of drug-likeness (QED) is 0.652. The lowest BCUT2D eigenvalue weighted by Crippen LogP contribution is -2.15. The smallest absolute Gasteiger partial charge is 0.291 e. The summed E-state index contributed by atoms with van der Waals surface area (Å²) in [7, 11) is 3.09. The van der Waals surface area contributed by atoms with Crippen LogP contribution in [0.25, 0.3) is 0 Å². The van der Waals surface area contributed by atoms with Crippen LogP contribution in [0.15, 0.2) is 65.3 Å². The van der Waals surface area contributed by atoms with Crippen LogP contribution in [0.5, 0.6) is 11.5 Å². The SMILES string of the molecule is COc1ccc(CC(=O)Nc2ccc(OC)c(NC(=O)c3ccco3)c2)cc1. The number of ether oxygens (including phenoxy) is 2. The van der Waals surface area contributed by atoms with Crippen LogP contribution in [0, 0.1) is 0 Å². The van der Waals surface area contributed by atoms with Crippen molar-refractivity contribution in [1.29, 1.82) is 0 Å². The first-order chi connectivity index (χ1) is 13.6. The Bertz CT molecular complexity index is 949. The van der Waals surface area contributed by atoms with Crippen molar-refractivity contribution in [3.63, 3.8) is 0 Å². The first-order valence-electron chi connectivity index (χ1n) is 8.54. The van der Waals surface area contributed by atoms with E-state index >= 15 is 0 Å². The molecule has 0 atom stereocenters. The lowest BCUT2D eigenvalue weighted by molar-refractivity contribution is -0.115. The molecule has 28 heavy (non-hydrogen) atoms. The molecule has 0 aliphatic heterocycles. The minimum Gasteiger partial charge on any atom is -0.497 e. The van der Waals surface area contributed by atoms with Gasteiger partial charge in [0.15, 0.2) is 5.76 Å². The summed E-state index contributed by atoms with van der Waals surface area (Å²) in [6, 6.07) is 15.5. The minimum absolute atomic E-state index is 0.177. The zero-order chi connectivity index (χ0) is 19.9. The molecule has 144 valence electrons. The number of amides is 2. The highest BCUT2D eigenvalue weighted by Gasteiger charge is 2.13. The Balaban J connectivity index is 1.69. The van der Waals surface area contributed by atoms with Gasteiger partial charge in [-0.1, -0.05) is 12.1 Å². The lowest BCUT2D eigenvalue weighted by Gasteiger charge is -2.12. The Morgan fingerprint density at radius 2 is 1.75 bits per heavy atom. The van der Waals surface area contributed by atoms with E-state index < -0.39 is 5.91 Å². The zero-order valence-electron chi connectivity index (χ0n) is 15.5.